The number of hydrogen-bond acceptors (Lipinski definition) is 6. The number of alkyl halides is 1. The first-order chi connectivity index (χ1) is 18.5. The number of aromatic nitrogens is 3. The molecule has 2 N–H and O–H groups in total. The van der Waals surface area contributed by atoms with Crippen molar-refractivity contribution in [3.05, 3.63) is 81.2 Å². The van der Waals surface area contributed by atoms with Crippen LogP contribution in [0.5, 0.6) is 11.5 Å². The Morgan fingerprint density at radius 1 is 1.08 bits per heavy atom. The average molecular weight is 562 g/mol. The zero-order valence-electron chi connectivity index (χ0n) is 21.2. The number of amides is 1. The van der Waals surface area contributed by atoms with E-state index in [2.05, 4.69) is 15.6 Å². The van der Waals surface area contributed by atoms with Crippen molar-refractivity contribution in [3.8, 4) is 28.6 Å². The topological polar surface area (TPSA) is 99.4 Å². The monoisotopic (exact) mass is 561 g/mol. The highest BCUT2D eigenvalue weighted by Gasteiger charge is 2.29. The number of anilines is 2. The van der Waals surface area contributed by atoms with Crippen LogP contribution >= 0.6 is 11.6 Å². The van der Waals surface area contributed by atoms with Crippen LogP contribution in [0.1, 0.15) is 17.3 Å². The minimum atomic E-state index is -1.56. The van der Waals surface area contributed by atoms with Crippen molar-refractivity contribution >= 4 is 28.9 Å². The van der Waals surface area contributed by atoms with Crippen molar-refractivity contribution < 1.29 is 27.4 Å². The van der Waals surface area contributed by atoms with Gasteiger partial charge in [0.25, 0.3) is 11.5 Å². The third-order valence-corrected chi connectivity index (χ3v) is 5.93. The van der Waals surface area contributed by atoms with Crippen LogP contribution in [0.25, 0.3) is 17.1 Å². The normalized spacial score (nSPS) is 11.7. The Bertz CT molecular complexity index is 1580. The van der Waals surface area contributed by atoms with Crippen molar-refractivity contribution in [2.75, 3.05) is 24.8 Å². The van der Waals surface area contributed by atoms with Gasteiger partial charge in [-0.3, -0.25) is 14.3 Å². The highest BCUT2D eigenvalue weighted by atomic mass is 35.5. The van der Waals surface area contributed by atoms with Crippen LogP contribution in [0, 0.1) is 11.6 Å². The van der Waals surface area contributed by atoms with E-state index >= 15 is 8.78 Å². The van der Waals surface area contributed by atoms with E-state index in [0.29, 0.717) is 5.69 Å². The van der Waals surface area contributed by atoms with Crippen LogP contribution in [0.3, 0.4) is 0 Å². The maximum absolute atomic E-state index is 15.3. The van der Waals surface area contributed by atoms with E-state index in [9.17, 15) is 14.0 Å². The fourth-order valence-electron chi connectivity index (χ4n) is 3.98. The minimum Gasteiger partial charge on any atom is -0.497 e. The number of nitrogens with one attached hydrogen (secondary N) is 2. The number of pyridine rings is 1. The lowest BCUT2D eigenvalue weighted by atomic mass is 10.1. The molecule has 0 fully saturated rings. The standard InChI is InChI=1S/C26H23ClF3N5O4/c1-13(28)39-15-7-5-14(6-8-15)25(36)33-22-23(21-17(29)11-16(38-4)12-18(21)30)34(3)35(26(22)37)24-19(31-2)9-10-20(27)32-24/h5-13,31H,1-4H3,(H,33,36). The van der Waals surface area contributed by atoms with Gasteiger partial charge < -0.3 is 20.1 Å². The highest BCUT2D eigenvalue weighted by Crippen LogP contribution is 2.35. The first kappa shape index (κ1) is 27.6. The Kier molecular flexibility index (Phi) is 7.86. The lowest BCUT2D eigenvalue weighted by molar-refractivity contribution is 0.0860. The molecule has 39 heavy (non-hydrogen) atoms. The van der Waals surface area contributed by atoms with Crippen LogP contribution in [-0.2, 0) is 7.05 Å². The van der Waals surface area contributed by atoms with Crippen LogP contribution in [0.15, 0.2) is 53.3 Å². The van der Waals surface area contributed by atoms with Gasteiger partial charge in [0.1, 0.15) is 39.7 Å². The molecule has 0 saturated carbocycles. The molecule has 1 atom stereocenters. The second-order valence-corrected chi connectivity index (χ2v) is 8.61. The molecule has 2 aromatic heterocycles. The quantitative estimate of drug-likeness (QED) is 0.288. The average Bonchev–Trinajstić information content (AvgIpc) is 3.12. The number of halogens is 4. The van der Waals surface area contributed by atoms with Crippen molar-refractivity contribution in [1.29, 1.82) is 0 Å². The number of methoxy groups -OCH3 is 1. The lowest BCUT2D eigenvalue weighted by Crippen LogP contribution is -2.24. The molecule has 0 aliphatic rings. The molecule has 204 valence electrons. The molecule has 0 saturated heterocycles. The molecule has 1 amide bonds. The lowest BCUT2D eigenvalue weighted by Gasteiger charge is -2.14. The van der Waals surface area contributed by atoms with E-state index in [0.717, 1.165) is 21.5 Å². The molecule has 0 spiro atoms. The van der Waals surface area contributed by atoms with E-state index in [1.165, 1.54) is 51.4 Å². The van der Waals surface area contributed by atoms with Crippen LogP contribution in [0.2, 0.25) is 5.15 Å². The van der Waals surface area contributed by atoms with Gasteiger partial charge in [0.05, 0.1) is 18.4 Å². The summed E-state index contributed by atoms with van der Waals surface area (Å²) in [4.78, 5) is 31.1. The van der Waals surface area contributed by atoms with E-state index in [4.69, 9.17) is 21.1 Å². The highest BCUT2D eigenvalue weighted by molar-refractivity contribution is 6.29. The molecular weight excluding hydrogens is 539 g/mol. The summed E-state index contributed by atoms with van der Waals surface area (Å²) in [6.45, 7) is 1.20. The molecule has 0 bridgehead atoms. The number of hydrogen-bond donors (Lipinski definition) is 2. The Balaban J connectivity index is 1.92. The second-order valence-electron chi connectivity index (χ2n) is 8.22. The summed E-state index contributed by atoms with van der Waals surface area (Å²) in [6.07, 6.45) is -1.56. The van der Waals surface area contributed by atoms with E-state index in [-0.39, 0.29) is 33.7 Å². The van der Waals surface area contributed by atoms with Gasteiger partial charge >= 0.3 is 0 Å². The molecule has 13 heteroatoms. The zero-order valence-corrected chi connectivity index (χ0v) is 21.9. The Morgan fingerprint density at radius 3 is 2.28 bits per heavy atom. The van der Waals surface area contributed by atoms with Crippen LogP contribution in [0.4, 0.5) is 24.5 Å². The number of carbonyl (C=O) groups is 1. The first-order valence-corrected chi connectivity index (χ1v) is 11.9. The van der Waals surface area contributed by atoms with Crippen LogP contribution < -0.4 is 25.7 Å². The van der Waals surface area contributed by atoms with Gasteiger partial charge in [0, 0.05) is 38.7 Å². The minimum absolute atomic E-state index is 0.0235. The maximum atomic E-state index is 15.3. The van der Waals surface area contributed by atoms with Gasteiger partial charge in [0.15, 0.2) is 5.82 Å². The number of carbonyl (C=O) groups excluding carboxylic acids is 1. The van der Waals surface area contributed by atoms with Gasteiger partial charge in [-0.05, 0) is 36.4 Å². The predicted octanol–water partition coefficient (Wildman–Crippen LogP) is 5.17. The molecule has 0 aliphatic heterocycles. The van der Waals surface area contributed by atoms with Crippen molar-refractivity contribution in [2.45, 2.75) is 13.3 Å². The number of ether oxygens (including phenoxy) is 2. The van der Waals surface area contributed by atoms with Gasteiger partial charge in [-0.2, -0.15) is 4.68 Å². The maximum Gasteiger partial charge on any atom is 0.297 e. The molecule has 4 aromatic rings. The van der Waals surface area contributed by atoms with Crippen LogP contribution in [-0.4, -0.2) is 40.8 Å². The molecule has 4 rings (SSSR count). The number of benzene rings is 2. The van der Waals surface area contributed by atoms with E-state index in [1.807, 2.05) is 0 Å². The smallest absolute Gasteiger partial charge is 0.297 e. The molecule has 2 aromatic carbocycles. The molecule has 1 unspecified atom stereocenters. The third-order valence-electron chi connectivity index (χ3n) is 5.72. The third kappa shape index (κ3) is 5.41. The number of nitrogens with zero attached hydrogens (tertiary/aromatic N) is 3. The first-order valence-electron chi connectivity index (χ1n) is 11.5. The fourth-order valence-corrected chi connectivity index (χ4v) is 4.12. The van der Waals surface area contributed by atoms with Gasteiger partial charge in [0.2, 0.25) is 6.36 Å². The van der Waals surface area contributed by atoms with Crippen molar-refractivity contribution in [1.82, 2.24) is 14.3 Å². The van der Waals surface area contributed by atoms with Gasteiger partial charge in [-0.1, -0.05) is 11.6 Å². The summed E-state index contributed by atoms with van der Waals surface area (Å²) in [5.41, 5.74) is -1.68. The van der Waals surface area contributed by atoms with Crippen molar-refractivity contribution in [2.24, 2.45) is 7.05 Å². The Labute approximate surface area is 225 Å². The summed E-state index contributed by atoms with van der Waals surface area (Å²) in [6, 6.07) is 10.4. The molecule has 0 aliphatic carbocycles. The summed E-state index contributed by atoms with van der Waals surface area (Å²) >= 11 is 6.08. The summed E-state index contributed by atoms with van der Waals surface area (Å²) in [5, 5.41) is 5.40. The van der Waals surface area contributed by atoms with Gasteiger partial charge in [-0.15, -0.1) is 0 Å². The summed E-state index contributed by atoms with van der Waals surface area (Å²) in [7, 11) is 4.22. The number of rotatable bonds is 8. The summed E-state index contributed by atoms with van der Waals surface area (Å²) in [5.74, 6) is -2.72. The van der Waals surface area contributed by atoms with Gasteiger partial charge in [-0.25, -0.2) is 18.2 Å². The molecule has 2 heterocycles. The largest absolute Gasteiger partial charge is 0.497 e. The fraction of sp³-hybridized carbons (Fsp3) is 0.192. The molecule has 9 nitrogen and oxygen atoms in total. The molecule has 0 radical (unpaired) electrons. The van der Waals surface area contributed by atoms with E-state index < -0.39 is 40.7 Å². The summed E-state index contributed by atoms with van der Waals surface area (Å²) < 4.78 is 55.7. The SMILES string of the molecule is CNc1ccc(Cl)nc1-n1c(=O)c(NC(=O)c2ccc(OC(C)F)cc2)c(-c2c(F)cc(OC)cc2F)n1C. The predicted molar refractivity (Wildman–Crippen MR) is 141 cm³/mol. The zero-order chi connectivity index (χ0) is 28.4. The Morgan fingerprint density at radius 2 is 1.72 bits per heavy atom. The second kappa shape index (κ2) is 11.1. The molecular formula is C26H23ClF3N5O4. The van der Waals surface area contributed by atoms with Crippen molar-refractivity contribution in [3.63, 3.8) is 0 Å². The van der Waals surface area contributed by atoms with E-state index in [1.54, 1.807) is 13.1 Å². The Hall–Kier alpha value is -4.45.